The van der Waals surface area contributed by atoms with E-state index in [1.165, 1.54) is 65.3 Å². The van der Waals surface area contributed by atoms with E-state index in [1.54, 1.807) is 0 Å². The van der Waals surface area contributed by atoms with Gasteiger partial charge in [0, 0.05) is 17.3 Å². The summed E-state index contributed by atoms with van der Waals surface area (Å²) in [7, 11) is 0. The molecule has 214 valence electrons. The SMILES string of the molecule is c1ccc2cc(-c3ccc(-c4ccc(-c5c6ccccc6c(-c6cccc7ccccc67)c6ccccc56)cc4)cn3)ccc2c1. The Morgan fingerprint density at radius 3 is 1.50 bits per heavy atom. The molecule has 0 aliphatic carbocycles. The van der Waals surface area contributed by atoms with Gasteiger partial charge >= 0.3 is 0 Å². The largest absolute Gasteiger partial charge is 0.256 e. The quantitative estimate of drug-likeness (QED) is 0.188. The van der Waals surface area contributed by atoms with Gasteiger partial charge in [0.15, 0.2) is 0 Å². The number of benzene rings is 8. The van der Waals surface area contributed by atoms with Crippen molar-refractivity contribution in [2.75, 3.05) is 0 Å². The number of hydrogen-bond donors (Lipinski definition) is 0. The summed E-state index contributed by atoms with van der Waals surface area (Å²) in [4.78, 5) is 4.85. The van der Waals surface area contributed by atoms with E-state index in [9.17, 15) is 0 Å². The van der Waals surface area contributed by atoms with Gasteiger partial charge in [-0.25, -0.2) is 0 Å². The molecule has 9 rings (SSSR count). The Balaban J connectivity index is 1.14. The molecule has 0 aliphatic rings. The van der Waals surface area contributed by atoms with Gasteiger partial charge in [0.2, 0.25) is 0 Å². The van der Waals surface area contributed by atoms with E-state index in [0.29, 0.717) is 0 Å². The van der Waals surface area contributed by atoms with Gasteiger partial charge in [-0.15, -0.1) is 0 Å². The van der Waals surface area contributed by atoms with E-state index >= 15 is 0 Å². The Bertz CT molecular complexity index is 2500. The molecule has 1 nitrogen and oxygen atoms in total. The van der Waals surface area contributed by atoms with Crippen LogP contribution in [0.25, 0.3) is 87.7 Å². The lowest BCUT2D eigenvalue weighted by Crippen LogP contribution is -1.91. The van der Waals surface area contributed by atoms with Crippen molar-refractivity contribution in [2.45, 2.75) is 0 Å². The molecule has 0 saturated carbocycles. The van der Waals surface area contributed by atoms with Crippen molar-refractivity contribution in [3.63, 3.8) is 0 Å². The zero-order valence-electron chi connectivity index (χ0n) is 25.2. The molecule has 0 radical (unpaired) electrons. The first-order chi connectivity index (χ1) is 22.8. The fraction of sp³-hybridized carbons (Fsp3) is 0. The molecule has 0 spiro atoms. The monoisotopic (exact) mass is 583 g/mol. The molecule has 8 aromatic carbocycles. The van der Waals surface area contributed by atoms with Gasteiger partial charge in [-0.05, 0) is 83.0 Å². The van der Waals surface area contributed by atoms with Crippen molar-refractivity contribution in [3.8, 4) is 44.6 Å². The normalized spacial score (nSPS) is 11.5. The minimum Gasteiger partial charge on any atom is -0.256 e. The molecular weight excluding hydrogens is 555 g/mol. The molecule has 0 fully saturated rings. The standard InChI is InChI=1S/C45H29N/c1-2-12-34-28-35(25-22-30(34)10-1)43-27-26-36(29-46-43)31-20-23-33(24-21-31)44-39-15-5-7-17-41(39)45(42-18-8-6-16-40(42)44)38-19-9-13-32-11-3-4-14-37(32)38/h1-29H. The first-order valence-corrected chi connectivity index (χ1v) is 15.8. The number of fused-ring (bicyclic) bond motifs is 4. The maximum absolute atomic E-state index is 4.85. The van der Waals surface area contributed by atoms with Crippen molar-refractivity contribution < 1.29 is 0 Å². The summed E-state index contributed by atoms with van der Waals surface area (Å²) in [6, 6.07) is 61.3. The first-order valence-electron chi connectivity index (χ1n) is 15.8. The predicted octanol–water partition coefficient (Wildman–Crippen LogP) is 12.4. The summed E-state index contributed by atoms with van der Waals surface area (Å²) in [5.41, 5.74) is 9.42. The number of pyridine rings is 1. The van der Waals surface area contributed by atoms with Gasteiger partial charge < -0.3 is 0 Å². The van der Waals surface area contributed by atoms with E-state index in [2.05, 4.69) is 170 Å². The molecule has 0 aliphatic heterocycles. The van der Waals surface area contributed by atoms with Crippen LogP contribution in [0.3, 0.4) is 0 Å². The predicted molar refractivity (Wildman–Crippen MR) is 196 cm³/mol. The first kappa shape index (κ1) is 26.4. The number of rotatable bonds is 4. The highest BCUT2D eigenvalue weighted by Crippen LogP contribution is 2.45. The Labute approximate surface area is 268 Å². The van der Waals surface area contributed by atoms with Crippen molar-refractivity contribution >= 4 is 43.1 Å². The topological polar surface area (TPSA) is 12.9 Å². The zero-order chi connectivity index (χ0) is 30.5. The highest BCUT2D eigenvalue weighted by molar-refractivity contribution is 6.23. The van der Waals surface area contributed by atoms with E-state index < -0.39 is 0 Å². The van der Waals surface area contributed by atoms with E-state index in [0.717, 1.165) is 22.4 Å². The smallest absolute Gasteiger partial charge is 0.0702 e. The molecule has 1 heterocycles. The summed E-state index contributed by atoms with van der Waals surface area (Å²) < 4.78 is 0. The van der Waals surface area contributed by atoms with E-state index in [1.807, 2.05) is 6.20 Å². The molecule has 0 saturated heterocycles. The molecule has 0 bridgehead atoms. The van der Waals surface area contributed by atoms with Crippen molar-refractivity contribution in [3.05, 3.63) is 176 Å². The Morgan fingerprint density at radius 2 is 0.826 bits per heavy atom. The van der Waals surface area contributed by atoms with Gasteiger partial charge in [0.25, 0.3) is 0 Å². The van der Waals surface area contributed by atoms with Crippen LogP contribution in [0, 0.1) is 0 Å². The lowest BCUT2D eigenvalue weighted by molar-refractivity contribution is 1.33. The molecule has 46 heavy (non-hydrogen) atoms. The van der Waals surface area contributed by atoms with Gasteiger partial charge in [-0.3, -0.25) is 4.98 Å². The number of hydrogen-bond acceptors (Lipinski definition) is 1. The molecule has 0 amide bonds. The maximum atomic E-state index is 4.85. The molecule has 9 aromatic rings. The van der Waals surface area contributed by atoms with Crippen LogP contribution >= 0.6 is 0 Å². The van der Waals surface area contributed by atoms with Crippen LogP contribution < -0.4 is 0 Å². The molecule has 1 heteroatoms. The second kappa shape index (κ2) is 10.8. The third-order valence-electron chi connectivity index (χ3n) is 9.31. The van der Waals surface area contributed by atoms with Crippen LogP contribution in [0.5, 0.6) is 0 Å². The summed E-state index contributed by atoms with van der Waals surface area (Å²) in [5.74, 6) is 0. The lowest BCUT2D eigenvalue weighted by atomic mass is 9.84. The Morgan fingerprint density at radius 1 is 0.304 bits per heavy atom. The van der Waals surface area contributed by atoms with E-state index in [4.69, 9.17) is 4.98 Å². The third-order valence-corrected chi connectivity index (χ3v) is 9.31. The van der Waals surface area contributed by atoms with Crippen molar-refractivity contribution in [1.29, 1.82) is 0 Å². The minimum absolute atomic E-state index is 0.982. The summed E-state index contributed by atoms with van der Waals surface area (Å²) in [6.07, 6.45) is 1.99. The Kier molecular flexibility index (Phi) is 6.21. The van der Waals surface area contributed by atoms with Gasteiger partial charge in [0.1, 0.15) is 0 Å². The summed E-state index contributed by atoms with van der Waals surface area (Å²) in [6.45, 7) is 0. The van der Waals surface area contributed by atoms with Crippen molar-refractivity contribution in [1.82, 2.24) is 4.98 Å². The second-order valence-corrected chi connectivity index (χ2v) is 11.9. The Hall–Kier alpha value is -6.05. The van der Waals surface area contributed by atoms with Crippen LogP contribution in [0.4, 0.5) is 0 Å². The molecule has 0 atom stereocenters. The average Bonchev–Trinajstić information content (AvgIpc) is 3.13. The van der Waals surface area contributed by atoms with Crippen molar-refractivity contribution in [2.24, 2.45) is 0 Å². The summed E-state index contributed by atoms with van der Waals surface area (Å²) >= 11 is 0. The molecule has 0 unspecified atom stereocenters. The fourth-order valence-electron chi connectivity index (χ4n) is 7.09. The van der Waals surface area contributed by atoms with Crippen LogP contribution in [-0.2, 0) is 0 Å². The zero-order valence-corrected chi connectivity index (χ0v) is 25.2. The lowest BCUT2D eigenvalue weighted by Gasteiger charge is -2.19. The average molecular weight is 584 g/mol. The summed E-state index contributed by atoms with van der Waals surface area (Å²) in [5, 5.41) is 10.1. The molecule has 1 aromatic heterocycles. The van der Waals surface area contributed by atoms with Crippen LogP contribution in [0.15, 0.2) is 176 Å². The van der Waals surface area contributed by atoms with Crippen LogP contribution in [0.1, 0.15) is 0 Å². The van der Waals surface area contributed by atoms with Gasteiger partial charge in [0.05, 0.1) is 5.69 Å². The number of aromatic nitrogens is 1. The second-order valence-electron chi connectivity index (χ2n) is 11.9. The molecular formula is C45H29N. The van der Waals surface area contributed by atoms with E-state index in [-0.39, 0.29) is 0 Å². The van der Waals surface area contributed by atoms with Gasteiger partial charge in [-0.2, -0.15) is 0 Å². The highest BCUT2D eigenvalue weighted by Gasteiger charge is 2.17. The maximum Gasteiger partial charge on any atom is 0.0702 e. The molecule has 0 N–H and O–H groups in total. The van der Waals surface area contributed by atoms with Crippen LogP contribution in [-0.4, -0.2) is 4.98 Å². The minimum atomic E-state index is 0.982. The third kappa shape index (κ3) is 4.37. The fourth-order valence-corrected chi connectivity index (χ4v) is 7.09. The van der Waals surface area contributed by atoms with Crippen LogP contribution in [0.2, 0.25) is 0 Å². The highest BCUT2D eigenvalue weighted by atomic mass is 14.7. The van der Waals surface area contributed by atoms with Gasteiger partial charge in [-0.1, -0.05) is 158 Å². The number of nitrogens with zero attached hydrogens (tertiary/aromatic N) is 1.